The lowest BCUT2D eigenvalue weighted by molar-refractivity contribution is -0.129. The molecule has 38 heavy (non-hydrogen) atoms. The number of carbonyl (C=O) groups is 2. The molecule has 3 aromatic rings. The average molecular weight is 526 g/mol. The number of aromatic nitrogens is 5. The van der Waals surface area contributed by atoms with Gasteiger partial charge in [0, 0.05) is 37.5 Å². The summed E-state index contributed by atoms with van der Waals surface area (Å²) in [4.78, 5) is 30.5. The van der Waals surface area contributed by atoms with Crippen LogP contribution >= 0.6 is 0 Å². The maximum atomic E-state index is 13.3. The number of alkyl halides is 2. The summed E-state index contributed by atoms with van der Waals surface area (Å²) >= 11 is 0. The molecule has 2 unspecified atom stereocenters. The number of piperidine rings is 1. The van der Waals surface area contributed by atoms with Crippen LogP contribution in [0.2, 0.25) is 0 Å². The molecule has 9 nitrogen and oxygen atoms in total. The molecule has 3 atom stereocenters. The topological polar surface area (TPSA) is 106 Å². The van der Waals surface area contributed by atoms with Crippen molar-refractivity contribution in [3.8, 4) is 0 Å². The number of nitrogens with one attached hydrogen (secondary N) is 2. The third-order valence-electron chi connectivity index (χ3n) is 8.27. The fraction of sp³-hybridized carbons (Fsp3) is 0.593. The Kier molecular flexibility index (Phi) is 6.61. The predicted octanol–water partition coefficient (Wildman–Crippen LogP) is 3.41. The maximum Gasteiger partial charge on any atom is 0.270 e. The van der Waals surface area contributed by atoms with Gasteiger partial charge in [0.1, 0.15) is 5.69 Å². The third-order valence-corrected chi connectivity index (χ3v) is 8.27. The molecular formula is C27H33F2N7O2. The highest BCUT2D eigenvalue weighted by atomic mass is 19.3. The van der Waals surface area contributed by atoms with E-state index in [2.05, 4.69) is 20.8 Å². The van der Waals surface area contributed by atoms with E-state index in [1.165, 1.54) is 25.7 Å². The minimum Gasteiger partial charge on any atom is -0.355 e. The monoisotopic (exact) mass is 525 g/mol. The summed E-state index contributed by atoms with van der Waals surface area (Å²) in [6, 6.07) is 5.13. The van der Waals surface area contributed by atoms with Crippen molar-refractivity contribution in [2.75, 3.05) is 6.54 Å². The molecule has 4 heterocycles. The van der Waals surface area contributed by atoms with Gasteiger partial charge in [0.15, 0.2) is 5.65 Å². The van der Waals surface area contributed by atoms with Crippen molar-refractivity contribution < 1.29 is 18.4 Å². The minimum atomic E-state index is -2.46. The van der Waals surface area contributed by atoms with Crippen molar-refractivity contribution in [2.45, 2.75) is 64.5 Å². The van der Waals surface area contributed by atoms with Gasteiger partial charge in [-0.05, 0) is 75.0 Å². The molecular weight excluding hydrogens is 492 g/mol. The Hall–Kier alpha value is -3.37. The van der Waals surface area contributed by atoms with Gasteiger partial charge in [0.25, 0.3) is 5.91 Å². The van der Waals surface area contributed by atoms with E-state index in [1.807, 2.05) is 19.2 Å². The molecule has 3 fully saturated rings. The number of halogens is 2. The fourth-order valence-corrected chi connectivity index (χ4v) is 6.00. The predicted molar refractivity (Wildman–Crippen MR) is 134 cm³/mol. The SMILES string of the molecule is CCn1nccc1C(=O)N[C@H](c1cn2nc(CC3CC(C(F)F)CNC3=O)ccc2n1)C(C1CC1)C1CC1. The Morgan fingerprint density at radius 1 is 1.16 bits per heavy atom. The summed E-state index contributed by atoms with van der Waals surface area (Å²) in [7, 11) is 0. The molecule has 3 aromatic heterocycles. The van der Waals surface area contributed by atoms with Crippen LogP contribution in [0, 0.1) is 29.6 Å². The Morgan fingerprint density at radius 3 is 2.61 bits per heavy atom. The Balaban J connectivity index is 1.27. The second-order valence-electron chi connectivity index (χ2n) is 11.0. The smallest absolute Gasteiger partial charge is 0.270 e. The van der Waals surface area contributed by atoms with Crippen LogP contribution in [0.25, 0.3) is 5.65 Å². The van der Waals surface area contributed by atoms with E-state index < -0.39 is 18.3 Å². The maximum absolute atomic E-state index is 13.3. The normalized spacial score (nSPS) is 22.7. The average Bonchev–Trinajstić information content (AvgIpc) is 3.83. The number of rotatable bonds is 10. The Labute approximate surface area is 219 Å². The Morgan fingerprint density at radius 2 is 1.92 bits per heavy atom. The number of imidazole rings is 1. The molecule has 6 rings (SSSR count). The van der Waals surface area contributed by atoms with E-state index in [4.69, 9.17) is 4.98 Å². The molecule has 11 heteroatoms. The zero-order valence-electron chi connectivity index (χ0n) is 21.4. The van der Waals surface area contributed by atoms with Crippen molar-refractivity contribution >= 4 is 17.5 Å². The molecule has 202 valence electrons. The number of hydrogen-bond donors (Lipinski definition) is 2. The molecule has 3 aliphatic rings. The van der Waals surface area contributed by atoms with Crippen molar-refractivity contribution in [2.24, 2.45) is 29.6 Å². The molecule has 0 spiro atoms. The van der Waals surface area contributed by atoms with Gasteiger partial charge in [0.05, 0.1) is 23.6 Å². The first kappa shape index (κ1) is 24.9. The molecule has 1 saturated heterocycles. The van der Waals surface area contributed by atoms with Crippen molar-refractivity contribution in [3.05, 3.63) is 47.7 Å². The minimum absolute atomic E-state index is 0.0135. The quantitative estimate of drug-likeness (QED) is 0.422. The molecule has 2 amide bonds. The van der Waals surface area contributed by atoms with Crippen molar-refractivity contribution in [1.29, 1.82) is 0 Å². The highest BCUT2D eigenvalue weighted by Gasteiger charge is 2.47. The lowest BCUT2D eigenvalue weighted by Crippen LogP contribution is -2.44. The van der Waals surface area contributed by atoms with Gasteiger partial charge in [-0.1, -0.05) is 0 Å². The van der Waals surface area contributed by atoms with E-state index in [0.717, 1.165) is 5.69 Å². The number of fused-ring (bicyclic) bond motifs is 1. The highest BCUT2D eigenvalue weighted by molar-refractivity contribution is 5.92. The zero-order valence-corrected chi connectivity index (χ0v) is 21.4. The van der Waals surface area contributed by atoms with Gasteiger partial charge in [-0.25, -0.2) is 18.3 Å². The largest absolute Gasteiger partial charge is 0.355 e. The summed E-state index contributed by atoms with van der Waals surface area (Å²) in [6.07, 6.45) is 6.13. The van der Waals surface area contributed by atoms with Crippen LogP contribution < -0.4 is 10.6 Å². The van der Waals surface area contributed by atoms with E-state index in [9.17, 15) is 18.4 Å². The fourth-order valence-electron chi connectivity index (χ4n) is 6.00. The zero-order chi connectivity index (χ0) is 26.4. The van der Waals surface area contributed by atoms with Crippen LogP contribution in [-0.4, -0.2) is 49.2 Å². The van der Waals surface area contributed by atoms with Crippen LogP contribution in [0.3, 0.4) is 0 Å². The highest BCUT2D eigenvalue weighted by Crippen LogP contribution is 2.54. The standard InChI is InChI=1S/C27H33F2N7O2/c1-2-35-21(9-10-31-35)27(38)33-24(23(15-3-4-15)16-5-6-16)20-14-36-22(32-20)8-7-19(34-36)12-17-11-18(25(28)29)13-30-26(17)37/h7-10,14-18,23-25H,2-6,11-13H2,1H3,(H,30,37)(H,33,38)/t17?,18?,24-/m1/s1. The second-order valence-corrected chi connectivity index (χ2v) is 11.0. The van der Waals surface area contributed by atoms with Gasteiger partial charge in [-0.2, -0.15) is 10.2 Å². The number of carbonyl (C=O) groups excluding carboxylic acids is 2. The van der Waals surface area contributed by atoms with E-state index in [0.29, 0.717) is 41.3 Å². The first-order valence-corrected chi connectivity index (χ1v) is 13.6. The number of amides is 2. The third kappa shape index (κ3) is 5.02. The van der Waals surface area contributed by atoms with Crippen LogP contribution in [0.15, 0.2) is 30.6 Å². The molecule has 2 aliphatic carbocycles. The van der Waals surface area contributed by atoms with Gasteiger partial charge in [-0.15, -0.1) is 0 Å². The van der Waals surface area contributed by atoms with Gasteiger partial charge >= 0.3 is 0 Å². The number of nitrogens with zero attached hydrogens (tertiary/aromatic N) is 5. The number of hydrogen-bond acceptors (Lipinski definition) is 5. The van der Waals surface area contributed by atoms with E-state index >= 15 is 0 Å². The summed E-state index contributed by atoms with van der Waals surface area (Å²) in [6.45, 7) is 2.57. The van der Waals surface area contributed by atoms with Crippen molar-refractivity contribution in [1.82, 2.24) is 35.0 Å². The van der Waals surface area contributed by atoms with E-state index in [-0.39, 0.29) is 37.2 Å². The van der Waals surface area contributed by atoms with Gasteiger partial charge < -0.3 is 10.6 Å². The molecule has 1 aliphatic heterocycles. The lowest BCUT2D eigenvalue weighted by Gasteiger charge is -2.28. The first-order valence-electron chi connectivity index (χ1n) is 13.6. The van der Waals surface area contributed by atoms with Gasteiger partial charge in [-0.3, -0.25) is 14.3 Å². The van der Waals surface area contributed by atoms with Crippen LogP contribution in [0.1, 0.15) is 66.9 Å². The van der Waals surface area contributed by atoms with Crippen LogP contribution in [0.5, 0.6) is 0 Å². The summed E-state index contributed by atoms with van der Waals surface area (Å²) < 4.78 is 29.9. The lowest BCUT2D eigenvalue weighted by atomic mass is 9.87. The van der Waals surface area contributed by atoms with Crippen LogP contribution in [0.4, 0.5) is 8.78 Å². The molecule has 2 saturated carbocycles. The van der Waals surface area contributed by atoms with Crippen LogP contribution in [-0.2, 0) is 17.8 Å². The molecule has 0 bridgehead atoms. The Bertz CT molecular complexity index is 1320. The van der Waals surface area contributed by atoms with E-state index in [1.54, 1.807) is 27.5 Å². The molecule has 0 aromatic carbocycles. The molecule has 2 N–H and O–H groups in total. The van der Waals surface area contributed by atoms with Crippen molar-refractivity contribution in [3.63, 3.8) is 0 Å². The van der Waals surface area contributed by atoms with Gasteiger partial charge in [0.2, 0.25) is 12.3 Å². The summed E-state index contributed by atoms with van der Waals surface area (Å²) in [5.74, 6) is -0.283. The first-order chi connectivity index (χ1) is 18.4. The summed E-state index contributed by atoms with van der Waals surface area (Å²) in [5, 5.41) is 14.8. The summed E-state index contributed by atoms with van der Waals surface area (Å²) in [5.41, 5.74) is 2.58. The number of aryl methyl sites for hydroxylation is 1. The molecule has 0 radical (unpaired) electrons. The second kappa shape index (κ2) is 10.1.